The van der Waals surface area contributed by atoms with E-state index in [0.717, 1.165) is 0 Å². The fourth-order valence-corrected chi connectivity index (χ4v) is 1.72. The zero-order valence-electron chi connectivity index (χ0n) is 12.7. The van der Waals surface area contributed by atoms with Crippen LogP contribution < -0.4 is 10.6 Å². The van der Waals surface area contributed by atoms with E-state index in [2.05, 4.69) is 10.6 Å². The molecule has 0 fully saturated rings. The molecule has 7 heteroatoms. The number of nitro benzene ring substituents is 1. The fraction of sp³-hybridized carbons (Fsp3) is 0.500. The van der Waals surface area contributed by atoms with E-state index >= 15 is 0 Å². The summed E-state index contributed by atoms with van der Waals surface area (Å²) in [5.41, 5.74) is 0.526. The van der Waals surface area contributed by atoms with Crippen molar-refractivity contribution in [1.29, 1.82) is 0 Å². The zero-order chi connectivity index (χ0) is 16.0. The Bertz CT molecular complexity index is 523. The Labute approximate surface area is 123 Å². The third-order valence-corrected chi connectivity index (χ3v) is 2.53. The first-order chi connectivity index (χ1) is 9.70. The van der Waals surface area contributed by atoms with Crippen LogP contribution in [-0.4, -0.2) is 29.7 Å². The van der Waals surface area contributed by atoms with Crippen molar-refractivity contribution in [2.24, 2.45) is 0 Å². The Balaban J connectivity index is 2.49. The first kappa shape index (κ1) is 16.7. The van der Waals surface area contributed by atoms with Crippen LogP contribution in [0.4, 0.5) is 16.2 Å². The lowest BCUT2D eigenvalue weighted by Crippen LogP contribution is -2.35. The summed E-state index contributed by atoms with van der Waals surface area (Å²) in [6.07, 6.45) is -0.511. The molecule has 0 unspecified atom stereocenters. The predicted molar refractivity (Wildman–Crippen MR) is 80.6 cm³/mol. The van der Waals surface area contributed by atoms with Crippen molar-refractivity contribution in [3.8, 4) is 0 Å². The van der Waals surface area contributed by atoms with Crippen molar-refractivity contribution in [1.82, 2.24) is 5.32 Å². The molecule has 0 bridgehead atoms. The predicted octanol–water partition coefficient (Wildman–Crippen LogP) is 2.84. The van der Waals surface area contributed by atoms with E-state index in [1.54, 1.807) is 45.9 Å². The molecular formula is C14H21N3O4. The minimum atomic E-state index is -0.549. The van der Waals surface area contributed by atoms with Crippen LogP contribution in [0, 0.1) is 17.0 Å². The second-order valence-corrected chi connectivity index (χ2v) is 5.58. The molecule has 0 aromatic heterocycles. The third kappa shape index (κ3) is 5.68. The van der Waals surface area contributed by atoms with Crippen LogP contribution in [0.3, 0.4) is 0 Å². The molecule has 116 valence electrons. The molecule has 0 spiro atoms. The maximum absolute atomic E-state index is 11.4. The summed E-state index contributed by atoms with van der Waals surface area (Å²) in [6, 6.07) is 5.06. The maximum atomic E-state index is 11.4. The van der Waals surface area contributed by atoms with Gasteiger partial charge in [0, 0.05) is 18.7 Å². The van der Waals surface area contributed by atoms with Crippen LogP contribution in [-0.2, 0) is 4.74 Å². The summed E-state index contributed by atoms with van der Waals surface area (Å²) in [7, 11) is 0. The largest absolute Gasteiger partial charge is 0.444 e. The van der Waals surface area contributed by atoms with Gasteiger partial charge in [-0.25, -0.2) is 4.79 Å². The van der Waals surface area contributed by atoms with Gasteiger partial charge < -0.3 is 15.4 Å². The Morgan fingerprint density at radius 1 is 1.33 bits per heavy atom. The quantitative estimate of drug-likeness (QED) is 0.495. The van der Waals surface area contributed by atoms with E-state index in [4.69, 9.17) is 4.74 Å². The average molecular weight is 295 g/mol. The highest BCUT2D eigenvalue weighted by Crippen LogP contribution is 2.27. The molecule has 0 aliphatic heterocycles. The van der Waals surface area contributed by atoms with Crippen LogP contribution in [0.25, 0.3) is 0 Å². The average Bonchev–Trinajstić information content (AvgIpc) is 2.32. The Kier molecular flexibility index (Phi) is 5.52. The summed E-state index contributed by atoms with van der Waals surface area (Å²) >= 11 is 0. The number of ether oxygens (including phenoxy) is 1. The number of nitrogens with one attached hydrogen (secondary N) is 2. The number of carbonyl (C=O) groups excluding carboxylic acids is 1. The summed E-state index contributed by atoms with van der Waals surface area (Å²) < 4.78 is 5.09. The number of alkyl carbamates (subject to hydrolysis) is 1. The van der Waals surface area contributed by atoms with Crippen molar-refractivity contribution in [2.45, 2.75) is 33.3 Å². The van der Waals surface area contributed by atoms with Gasteiger partial charge in [0.1, 0.15) is 11.3 Å². The molecule has 1 amide bonds. The second-order valence-electron chi connectivity index (χ2n) is 5.58. The minimum Gasteiger partial charge on any atom is -0.444 e. The molecule has 0 aliphatic carbocycles. The molecule has 0 aliphatic rings. The van der Waals surface area contributed by atoms with Crippen molar-refractivity contribution in [3.63, 3.8) is 0 Å². The summed E-state index contributed by atoms with van der Waals surface area (Å²) in [4.78, 5) is 22.0. The number of carbonyl (C=O) groups is 1. The van der Waals surface area contributed by atoms with Gasteiger partial charge in [-0.3, -0.25) is 10.1 Å². The van der Waals surface area contributed by atoms with E-state index in [0.29, 0.717) is 24.3 Å². The Hall–Kier alpha value is -2.31. The third-order valence-electron chi connectivity index (χ3n) is 2.53. The SMILES string of the molecule is Cc1cccc(NCCNC(=O)OC(C)(C)C)c1[N+](=O)[O-]. The van der Waals surface area contributed by atoms with Gasteiger partial charge in [-0.2, -0.15) is 0 Å². The molecule has 0 saturated heterocycles. The van der Waals surface area contributed by atoms with Crippen LogP contribution in [0.5, 0.6) is 0 Å². The van der Waals surface area contributed by atoms with Gasteiger partial charge in [0.2, 0.25) is 0 Å². The number of hydrogen-bond donors (Lipinski definition) is 2. The Morgan fingerprint density at radius 3 is 2.57 bits per heavy atom. The van der Waals surface area contributed by atoms with Gasteiger partial charge in [0.05, 0.1) is 4.92 Å². The van der Waals surface area contributed by atoms with Gasteiger partial charge in [-0.15, -0.1) is 0 Å². The van der Waals surface area contributed by atoms with Gasteiger partial charge in [0.15, 0.2) is 0 Å². The highest BCUT2D eigenvalue weighted by molar-refractivity contribution is 5.68. The molecule has 21 heavy (non-hydrogen) atoms. The summed E-state index contributed by atoms with van der Waals surface area (Å²) in [6.45, 7) is 7.69. The molecule has 1 rings (SSSR count). The molecular weight excluding hydrogens is 274 g/mol. The number of hydrogen-bond acceptors (Lipinski definition) is 5. The summed E-state index contributed by atoms with van der Waals surface area (Å²) in [5, 5.41) is 16.5. The van der Waals surface area contributed by atoms with Crippen molar-refractivity contribution in [2.75, 3.05) is 18.4 Å². The number of rotatable bonds is 5. The molecule has 0 heterocycles. The van der Waals surface area contributed by atoms with Crippen LogP contribution in [0.2, 0.25) is 0 Å². The van der Waals surface area contributed by atoms with Crippen LogP contribution in [0.1, 0.15) is 26.3 Å². The molecule has 1 aromatic rings. The van der Waals surface area contributed by atoms with Gasteiger partial charge >= 0.3 is 6.09 Å². The maximum Gasteiger partial charge on any atom is 0.407 e. The smallest absolute Gasteiger partial charge is 0.407 e. The first-order valence-electron chi connectivity index (χ1n) is 6.65. The monoisotopic (exact) mass is 295 g/mol. The second kappa shape index (κ2) is 6.92. The van der Waals surface area contributed by atoms with E-state index in [1.807, 2.05) is 0 Å². The number of para-hydroxylation sites is 1. The number of nitrogens with zero attached hydrogens (tertiary/aromatic N) is 1. The number of benzene rings is 1. The highest BCUT2D eigenvalue weighted by atomic mass is 16.6. The summed E-state index contributed by atoms with van der Waals surface area (Å²) in [5.74, 6) is 0. The molecule has 2 N–H and O–H groups in total. The van der Waals surface area contributed by atoms with E-state index < -0.39 is 16.6 Å². The fourth-order valence-electron chi connectivity index (χ4n) is 1.72. The Morgan fingerprint density at radius 2 is 2.00 bits per heavy atom. The molecule has 7 nitrogen and oxygen atoms in total. The standard InChI is InChI=1S/C14H21N3O4/c1-10-6-5-7-11(12(10)17(19)20)15-8-9-16-13(18)21-14(2,3)4/h5-7,15H,8-9H2,1-4H3,(H,16,18). The van der Waals surface area contributed by atoms with Crippen molar-refractivity contribution < 1.29 is 14.5 Å². The van der Waals surface area contributed by atoms with E-state index in [1.165, 1.54) is 0 Å². The topological polar surface area (TPSA) is 93.5 Å². The molecule has 0 saturated carbocycles. The number of aryl methyl sites for hydroxylation is 1. The van der Waals surface area contributed by atoms with Crippen molar-refractivity contribution >= 4 is 17.5 Å². The zero-order valence-corrected chi connectivity index (χ0v) is 12.7. The van der Waals surface area contributed by atoms with E-state index in [9.17, 15) is 14.9 Å². The van der Waals surface area contributed by atoms with Crippen molar-refractivity contribution in [3.05, 3.63) is 33.9 Å². The molecule has 0 radical (unpaired) electrons. The lowest BCUT2D eigenvalue weighted by atomic mass is 10.1. The number of nitro groups is 1. The van der Waals surface area contributed by atoms with Crippen LogP contribution >= 0.6 is 0 Å². The minimum absolute atomic E-state index is 0.0507. The lowest BCUT2D eigenvalue weighted by molar-refractivity contribution is -0.384. The number of amides is 1. The lowest BCUT2D eigenvalue weighted by Gasteiger charge is -2.19. The van der Waals surface area contributed by atoms with Crippen LogP contribution in [0.15, 0.2) is 18.2 Å². The van der Waals surface area contributed by atoms with Gasteiger partial charge in [-0.05, 0) is 33.8 Å². The first-order valence-corrected chi connectivity index (χ1v) is 6.65. The highest BCUT2D eigenvalue weighted by Gasteiger charge is 2.17. The molecule has 0 atom stereocenters. The van der Waals surface area contributed by atoms with E-state index in [-0.39, 0.29) is 5.69 Å². The normalized spacial score (nSPS) is 10.9. The molecule has 1 aromatic carbocycles. The van der Waals surface area contributed by atoms with Gasteiger partial charge in [0.25, 0.3) is 5.69 Å². The van der Waals surface area contributed by atoms with Gasteiger partial charge in [-0.1, -0.05) is 12.1 Å². The number of anilines is 1.